The van der Waals surface area contributed by atoms with Gasteiger partial charge in [-0.25, -0.2) is 4.68 Å². The predicted octanol–water partition coefficient (Wildman–Crippen LogP) is -1.43. The third kappa shape index (κ3) is 3.18. The monoisotopic (exact) mass is 368 g/mol. The molecule has 1 saturated heterocycles. The second kappa shape index (κ2) is 7.21. The molecule has 1 fully saturated rings. The van der Waals surface area contributed by atoms with Gasteiger partial charge in [-0.15, -0.1) is 0 Å². The minimum Gasteiger partial charge on any atom is -0.366 e. The molecule has 0 bridgehead atoms. The summed E-state index contributed by atoms with van der Waals surface area (Å²) >= 11 is 0. The molecule has 5 unspecified atom stereocenters. The Morgan fingerprint density at radius 2 is 1.71 bits per heavy atom. The van der Waals surface area contributed by atoms with E-state index in [0.717, 1.165) is 11.1 Å². The fourth-order valence-corrected chi connectivity index (χ4v) is 4.73. The summed E-state index contributed by atoms with van der Waals surface area (Å²) in [5.74, 6) is 2.25. The van der Waals surface area contributed by atoms with Crippen LogP contribution in [0.25, 0.3) is 16.6 Å². The van der Waals surface area contributed by atoms with Crippen LogP contribution in [0, 0.1) is 0 Å². The van der Waals surface area contributed by atoms with E-state index in [1.165, 1.54) is 5.56 Å². The van der Waals surface area contributed by atoms with Crippen LogP contribution in [0.2, 0.25) is 11.6 Å². The van der Waals surface area contributed by atoms with Gasteiger partial charge in [0, 0.05) is 11.6 Å². The van der Waals surface area contributed by atoms with Crippen molar-refractivity contribution in [1.82, 2.24) is 15.1 Å². The van der Waals surface area contributed by atoms with E-state index in [9.17, 15) is 4.79 Å². The average Bonchev–Trinajstić information content (AvgIpc) is 3.11. The van der Waals surface area contributed by atoms with Crippen molar-refractivity contribution >= 4 is 48.2 Å². The first kappa shape index (κ1) is 18.9. The molecule has 5 nitrogen and oxygen atoms in total. The number of carbonyl (C=O) groups excluding carboxylic acids is 1. The van der Waals surface area contributed by atoms with Gasteiger partial charge in [0.05, 0.1) is 11.3 Å². The van der Waals surface area contributed by atoms with Crippen LogP contribution < -0.4 is 11.1 Å². The zero-order chi connectivity index (χ0) is 20.0. The Bertz CT molecular complexity index is 1020. The lowest BCUT2D eigenvalue weighted by Gasteiger charge is -2.45. The van der Waals surface area contributed by atoms with Crippen LogP contribution in [0.1, 0.15) is 21.8 Å². The van der Waals surface area contributed by atoms with E-state index in [1.54, 1.807) is 6.07 Å². The SMILES string of the molecule is BC1NC(B)C(c2ccc(-n3cc4cccc(C(N)=O)c4n3)cc2)C(B)C1B. The number of nitrogens with two attached hydrogens (primary N) is 1. The third-order valence-corrected chi connectivity index (χ3v) is 6.59. The Morgan fingerprint density at radius 3 is 2.39 bits per heavy atom. The molecule has 28 heavy (non-hydrogen) atoms. The van der Waals surface area contributed by atoms with Crippen molar-refractivity contribution in [2.45, 2.75) is 29.4 Å². The molecule has 5 atom stereocenters. The first-order valence-corrected chi connectivity index (χ1v) is 10.0. The first-order valence-electron chi connectivity index (χ1n) is 10.0. The largest absolute Gasteiger partial charge is 0.366 e. The summed E-state index contributed by atoms with van der Waals surface area (Å²) in [6, 6.07) is 14.1. The topological polar surface area (TPSA) is 72.9 Å². The summed E-state index contributed by atoms with van der Waals surface area (Å²) in [7, 11) is 9.26. The second-order valence-electron chi connectivity index (χ2n) is 8.26. The van der Waals surface area contributed by atoms with Gasteiger partial charge in [0.2, 0.25) is 0 Å². The fourth-order valence-electron chi connectivity index (χ4n) is 4.73. The highest BCUT2D eigenvalue weighted by Gasteiger charge is 2.36. The van der Waals surface area contributed by atoms with E-state index >= 15 is 0 Å². The van der Waals surface area contributed by atoms with Crippen molar-refractivity contribution < 1.29 is 4.79 Å². The molecule has 1 aliphatic rings. The Morgan fingerprint density at radius 1 is 1.00 bits per heavy atom. The van der Waals surface area contributed by atoms with Gasteiger partial charge in [0.25, 0.3) is 5.91 Å². The number of primary amides is 1. The lowest BCUT2D eigenvalue weighted by Crippen LogP contribution is -2.52. The summed E-state index contributed by atoms with van der Waals surface area (Å²) in [4.78, 5) is 11.7. The maximum atomic E-state index is 11.7. The molecule has 2 aromatic carbocycles. The molecule has 3 N–H and O–H groups in total. The maximum absolute atomic E-state index is 11.7. The number of rotatable bonds is 3. The van der Waals surface area contributed by atoms with E-state index in [-0.39, 0.29) is 0 Å². The van der Waals surface area contributed by atoms with Gasteiger partial charge in [-0.2, -0.15) is 5.10 Å². The molecule has 1 aliphatic heterocycles. The van der Waals surface area contributed by atoms with Gasteiger partial charge in [-0.05, 0) is 41.6 Å². The minimum atomic E-state index is -0.456. The van der Waals surface area contributed by atoms with Crippen LogP contribution >= 0.6 is 0 Å². The number of fused-ring (bicyclic) bond motifs is 1. The molecule has 1 amide bonds. The van der Waals surface area contributed by atoms with Crippen LogP contribution in [0.15, 0.2) is 48.7 Å². The molecule has 0 spiro atoms. The lowest BCUT2D eigenvalue weighted by atomic mass is 9.49. The van der Waals surface area contributed by atoms with E-state index in [2.05, 4.69) is 66.1 Å². The lowest BCUT2D eigenvalue weighted by molar-refractivity contribution is 0.100. The molecular weight excluding hydrogens is 343 g/mol. The summed E-state index contributed by atoms with van der Waals surface area (Å²) in [6.45, 7) is 0. The molecule has 138 valence electrons. The molecular formula is C19H24B4N4O. The normalized spacial score (nSPS) is 27.6. The average molecular weight is 368 g/mol. The zero-order valence-electron chi connectivity index (χ0n) is 16.9. The number of nitrogens with one attached hydrogen (secondary N) is 1. The summed E-state index contributed by atoms with van der Waals surface area (Å²) < 4.78 is 1.82. The van der Waals surface area contributed by atoms with Crippen LogP contribution in [0.5, 0.6) is 0 Å². The second-order valence-corrected chi connectivity index (χ2v) is 8.26. The number of nitrogens with zero attached hydrogens (tertiary/aromatic N) is 2. The number of carbonyl (C=O) groups is 1. The van der Waals surface area contributed by atoms with E-state index in [1.807, 2.05) is 23.0 Å². The molecule has 2 heterocycles. The van der Waals surface area contributed by atoms with Gasteiger partial charge >= 0.3 is 0 Å². The fraction of sp³-hybridized carbons (Fsp3) is 0.263. The number of piperidine rings is 1. The highest BCUT2D eigenvalue weighted by molar-refractivity contribution is 6.28. The van der Waals surface area contributed by atoms with Crippen LogP contribution in [0.3, 0.4) is 0 Å². The quantitative estimate of drug-likeness (QED) is 0.558. The van der Waals surface area contributed by atoms with Crippen LogP contribution in [0.4, 0.5) is 0 Å². The predicted molar refractivity (Wildman–Crippen MR) is 125 cm³/mol. The highest BCUT2D eigenvalue weighted by Crippen LogP contribution is 2.41. The van der Waals surface area contributed by atoms with E-state index < -0.39 is 5.91 Å². The van der Waals surface area contributed by atoms with E-state index in [0.29, 0.717) is 40.5 Å². The van der Waals surface area contributed by atoms with Crippen molar-refractivity contribution in [3.63, 3.8) is 0 Å². The Labute approximate surface area is 169 Å². The van der Waals surface area contributed by atoms with Crippen molar-refractivity contribution in [3.8, 4) is 5.69 Å². The number of amides is 1. The first-order chi connectivity index (χ1) is 13.4. The Kier molecular flexibility index (Phi) is 4.88. The Hall–Kier alpha value is -2.40. The minimum absolute atomic E-state index is 0.442. The molecule has 1 aromatic heterocycles. The van der Waals surface area contributed by atoms with Gasteiger partial charge < -0.3 is 11.1 Å². The standard InChI is InChI=1S/C19H24B4N4O/c20-14-13(17(22)25-18(23)15(14)21)9-4-6-11(7-5-9)27-8-10-2-1-3-12(19(24)28)16(10)26-27/h1-8,13-15,17-18,25H,20-23H2,(H2,24,28). The maximum Gasteiger partial charge on any atom is 0.250 e. The van der Waals surface area contributed by atoms with Gasteiger partial charge in [0.1, 0.15) is 36.9 Å². The summed E-state index contributed by atoms with van der Waals surface area (Å²) in [5.41, 5.74) is 8.90. The van der Waals surface area contributed by atoms with Crippen molar-refractivity contribution in [2.75, 3.05) is 0 Å². The third-order valence-electron chi connectivity index (χ3n) is 6.59. The van der Waals surface area contributed by atoms with Crippen LogP contribution in [-0.2, 0) is 0 Å². The molecule has 0 aliphatic carbocycles. The Balaban J connectivity index is 1.66. The van der Waals surface area contributed by atoms with Crippen molar-refractivity contribution in [1.29, 1.82) is 0 Å². The number of aromatic nitrogens is 2. The number of hydrogen-bond donors (Lipinski definition) is 2. The smallest absolute Gasteiger partial charge is 0.250 e. The molecule has 0 radical (unpaired) electrons. The van der Waals surface area contributed by atoms with Crippen LogP contribution in [-0.4, -0.2) is 59.0 Å². The van der Waals surface area contributed by atoms with Gasteiger partial charge in [-0.1, -0.05) is 35.9 Å². The van der Waals surface area contributed by atoms with Gasteiger partial charge in [-0.3, -0.25) is 4.79 Å². The van der Waals surface area contributed by atoms with Gasteiger partial charge in [0.15, 0.2) is 0 Å². The molecule has 3 aromatic rings. The van der Waals surface area contributed by atoms with Crippen molar-refractivity contribution in [3.05, 3.63) is 59.8 Å². The number of hydrogen-bond acceptors (Lipinski definition) is 3. The molecule has 0 saturated carbocycles. The zero-order valence-corrected chi connectivity index (χ0v) is 16.9. The van der Waals surface area contributed by atoms with Crippen molar-refractivity contribution in [2.24, 2.45) is 5.73 Å². The summed E-state index contributed by atoms with van der Waals surface area (Å²) in [6.07, 6.45) is 1.94. The molecule has 9 heteroatoms. The van der Waals surface area contributed by atoms with E-state index in [4.69, 9.17) is 5.73 Å². The number of benzene rings is 2. The highest BCUT2D eigenvalue weighted by atomic mass is 16.1. The molecule has 4 rings (SSSR count). The summed E-state index contributed by atoms with van der Waals surface area (Å²) in [5, 5.41) is 9.23.